The van der Waals surface area contributed by atoms with Gasteiger partial charge in [0.15, 0.2) is 0 Å². The van der Waals surface area contributed by atoms with Gasteiger partial charge in [-0.05, 0) is 38.5 Å². The predicted molar refractivity (Wildman–Crippen MR) is 115 cm³/mol. The molecule has 0 aliphatic carbocycles. The van der Waals surface area contributed by atoms with Crippen LogP contribution >= 0.6 is 0 Å². The van der Waals surface area contributed by atoms with E-state index in [1.54, 1.807) is 0 Å². The monoisotopic (exact) mass is 380 g/mol. The molecule has 0 rings (SSSR count). The van der Waals surface area contributed by atoms with E-state index in [9.17, 15) is 9.59 Å². The topological polar surface area (TPSA) is 54.4 Å². The Morgan fingerprint density at radius 1 is 0.741 bits per heavy atom. The van der Waals surface area contributed by atoms with Gasteiger partial charge in [0.1, 0.15) is 5.78 Å². The van der Waals surface area contributed by atoms with Crippen LogP contribution in [0.3, 0.4) is 0 Å². The lowest BCUT2D eigenvalue weighted by Crippen LogP contribution is -2.14. The van der Waals surface area contributed by atoms with Crippen LogP contribution in [0.1, 0.15) is 123 Å². The van der Waals surface area contributed by atoms with E-state index in [1.165, 1.54) is 38.5 Å². The second-order valence-corrected chi connectivity index (χ2v) is 7.88. The molecule has 0 aromatic carbocycles. The molecule has 1 unspecified atom stereocenters. The lowest BCUT2D eigenvalue weighted by molar-refractivity contribution is -0.137. The lowest BCUT2D eigenvalue weighted by atomic mass is 9.90. The molecule has 0 aromatic rings. The van der Waals surface area contributed by atoms with Crippen LogP contribution in [-0.2, 0) is 9.59 Å². The zero-order valence-corrected chi connectivity index (χ0v) is 18.0. The molecule has 158 valence electrons. The van der Waals surface area contributed by atoms with E-state index in [2.05, 4.69) is 26.0 Å². The van der Waals surface area contributed by atoms with E-state index in [1.807, 2.05) is 0 Å². The first-order chi connectivity index (χ1) is 13.1. The molecule has 0 heterocycles. The van der Waals surface area contributed by atoms with Gasteiger partial charge in [0.2, 0.25) is 0 Å². The first-order valence-corrected chi connectivity index (χ1v) is 11.5. The van der Waals surface area contributed by atoms with Crippen LogP contribution in [0, 0.1) is 5.92 Å². The Kier molecular flexibility index (Phi) is 18.8. The summed E-state index contributed by atoms with van der Waals surface area (Å²) >= 11 is 0. The molecule has 3 heteroatoms. The summed E-state index contributed by atoms with van der Waals surface area (Å²) in [6.45, 7) is 4.41. The number of aliphatic carboxylic acids is 1. The van der Waals surface area contributed by atoms with Gasteiger partial charge in [-0.1, -0.05) is 83.8 Å². The molecule has 27 heavy (non-hydrogen) atoms. The average Bonchev–Trinajstić information content (AvgIpc) is 2.64. The van der Waals surface area contributed by atoms with Crippen LogP contribution in [-0.4, -0.2) is 16.9 Å². The standard InChI is InChI=1S/C24H44O3/c1-3-5-7-15-18-22(23(25)20-14-6-4-2)19-16-12-10-8-9-11-13-17-21-24(26)27/h12,16,22H,3-11,13-15,17-21H2,1-2H3,(H,26,27). The minimum atomic E-state index is -0.688. The van der Waals surface area contributed by atoms with Crippen molar-refractivity contribution in [2.45, 2.75) is 123 Å². The van der Waals surface area contributed by atoms with Crippen molar-refractivity contribution in [2.24, 2.45) is 5.92 Å². The fourth-order valence-electron chi connectivity index (χ4n) is 3.43. The quantitative estimate of drug-likeness (QED) is 0.176. The average molecular weight is 381 g/mol. The highest BCUT2D eigenvalue weighted by atomic mass is 16.4. The summed E-state index contributed by atoms with van der Waals surface area (Å²) in [6, 6.07) is 0. The minimum Gasteiger partial charge on any atom is -0.481 e. The third-order valence-corrected chi connectivity index (χ3v) is 5.24. The third kappa shape index (κ3) is 18.0. The van der Waals surface area contributed by atoms with Crippen molar-refractivity contribution in [2.75, 3.05) is 0 Å². The van der Waals surface area contributed by atoms with Gasteiger partial charge in [-0.2, -0.15) is 0 Å². The Bertz CT molecular complexity index is 387. The van der Waals surface area contributed by atoms with Gasteiger partial charge in [0.05, 0.1) is 0 Å². The summed E-state index contributed by atoms with van der Waals surface area (Å²) in [5, 5.41) is 8.60. The summed E-state index contributed by atoms with van der Waals surface area (Å²) in [7, 11) is 0. The Hall–Kier alpha value is -1.12. The number of Topliss-reactive ketones (excluding diaryl/α,β-unsaturated/α-hetero) is 1. The number of carbonyl (C=O) groups is 2. The molecule has 0 aliphatic heterocycles. The second kappa shape index (κ2) is 19.6. The summed E-state index contributed by atoms with van der Waals surface area (Å²) < 4.78 is 0. The van der Waals surface area contributed by atoms with E-state index in [0.717, 1.165) is 64.2 Å². The van der Waals surface area contributed by atoms with Crippen molar-refractivity contribution in [3.05, 3.63) is 12.2 Å². The molecular weight excluding hydrogens is 336 g/mol. The van der Waals surface area contributed by atoms with Crippen molar-refractivity contribution in [1.82, 2.24) is 0 Å². The number of ketones is 1. The maximum Gasteiger partial charge on any atom is 0.303 e. The number of hydrogen-bond donors (Lipinski definition) is 1. The fourth-order valence-corrected chi connectivity index (χ4v) is 3.43. The van der Waals surface area contributed by atoms with E-state index in [-0.39, 0.29) is 5.92 Å². The Morgan fingerprint density at radius 2 is 1.33 bits per heavy atom. The van der Waals surface area contributed by atoms with Gasteiger partial charge in [-0.25, -0.2) is 0 Å². The molecule has 0 radical (unpaired) electrons. The summed E-state index contributed by atoms with van der Waals surface area (Å²) in [6.07, 6.45) is 22.2. The van der Waals surface area contributed by atoms with Crippen LogP contribution in [0.4, 0.5) is 0 Å². The lowest BCUT2D eigenvalue weighted by Gasteiger charge is -2.14. The van der Waals surface area contributed by atoms with Crippen molar-refractivity contribution >= 4 is 11.8 Å². The Morgan fingerprint density at radius 3 is 2.04 bits per heavy atom. The van der Waals surface area contributed by atoms with Gasteiger partial charge in [-0.15, -0.1) is 0 Å². The highest BCUT2D eigenvalue weighted by molar-refractivity contribution is 5.81. The van der Waals surface area contributed by atoms with E-state index < -0.39 is 5.97 Å². The number of carboxylic acids is 1. The van der Waals surface area contributed by atoms with Gasteiger partial charge < -0.3 is 5.11 Å². The summed E-state index contributed by atoms with van der Waals surface area (Å²) in [5.74, 6) is 0.0143. The molecule has 0 bridgehead atoms. The molecular formula is C24H44O3. The zero-order chi connectivity index (χ0) is 20.2. The van der Waals surface area contributed by atoms with Crippen LogP contribution in [0.25, 0.3) is 0 Å². The van der Waals surface area contributed by atoms with E-state index in [0.29, 0.717) is 12.2 Å². The Balaban J connectivity index is 3.97. The molecule has 0 spiro atoms. The molecule has 3 nitrogen and oxygen atoms in total. The largest absolute Gasteiger partial charge is 0.481 e. The molecule has 0 fully saturated rings. The third-order valence-electron chi connectivity index (χ3n) is 5.24. The van der Waals surface area contributed by atoms with Crippen molar-refractivity contribution in [1.29, 1.82) is 0 Å². The molecule has 1 N–H and O–H groups in total. The number of carboxylic acid groups (broad SMARTS) is 1. The fraction of sp³-hybridized carbons (Fsp3) is 0.833. The molecule has 1 atom stereocenters. The number of rotatable bonds is 20. The predicted octanol–water partition coefficient (Wildman–Crippen LogP) is 7.48. The van der Waals surface area contributed by atoms with Gasteiger partial charge in [0.25, 0.3) is 0 Å². The first kappa shape index (κ1) is 25.9. The van der Waals surface area contributed by atoms with E-state index >= 15 is 0 Å². The number of carbonyl (C=O) groups excluding carboxylic acids is 1. The smallest absolute Gasteiger partial charge is 0.303 e. The van der Waals surface area contributed by atoms with Crippen molar-refractivity contribution in [3.63, 3.8) is 0 Å². The number of hydrogen-bond acceptors (Lipinski definition) is 2. The number of unbranched alkanes of at least 4 members (excludes halogenated alkanes) is 10. The van der Waals surface area contributed by atoms with Crippen LogP contribution in [0.15, 0.2) is 12.2 Å². The van der Waals surface area contributed by atoms with Gasteiger partial charge in [0, 0.05) is 18.8 Å². The maximum absolute atomic E-state index is 12.5. The van der Waals surface area contributed by atoms with Crippen LogP contribution in [0.2, 0.25) is 0 Å². The second-order valence-electron chi connectivity index (χ2n) is 7.88. The van der Waals surface area contributed by atoms with E-state index in [4.69, 9.17) is 5.11 Å². The van der Waals surface area contributed by atoms with Crippen LogP contribution in [0.5, 0.6) is 0 Å². The summed E-state index contributed by atoms with van der Waals surface area (Å²) in [4.78, 5) is 23.0. The van der Waals surface area contributed by atoms with Crippen LogP contribution < -0.4 is 0 Å². The number of allylic oxidation sites excluding steroid dienone is 2. The highest BCUT2D eigenvalue weighted by Gasteiger charge is 2.16. The zero-order valence-electron chi connectivity index (χ0n) is 18.0. The molecule has 0 aromatic heterocycles. The van der Waals surface area contributed by atoms with Crippen molar-refractivity contribution < 1.29 is 14.7 Å². The molecule has 0 aliphatic rings. The van der Waals surface area contributed by atoms with Gasteiger partial charge in [-0.3, -0.25) is 9.59 Å². The highest BCUT2D eigenvalue weighted by Crippen LogP contribution is 2.20. The van der Waals surface area contributed by atoms with Crippen molar-refractivity contribution in [3.8, 4) is 0 Å². The Labute approximate surface area is 168 Å². The summed E-state index contributed by atoms with van der Waals surface area (Å²) in [5.41, 5.74) is 0. The molecule has 0 amide bonds. The molecule has 0 saturated carbocycles. The normalized spacial score (nSPS) is 12.5. The SMILES string of the molecule is CCCCCCC(CC=CCCCCCCCC(=O)O)C(=O)CCCCC. The van der Waals surface area contributed by atoms with Gasteiger partial charge >= 0.3 is 5.97 Å². The molecule has 0 saturated heterocycles. The first-order valence-electron chi connectivity index (χ1n) is 11.5. The minimum absolute atomic E-state index is 0.228. The maximum atomic E-state index is 12.5.